The lowest BCUT2D eigenvalue weighted by Gasteiger charge is -2.37. The summed E-state index contributed by atoms with van der Waals surface area (Å²) in [4.78, 5) is 6.86. The molecule has 2 aromatic heterocycles. The number of thiazole rings is 1. The van der Waals surface area contributed by atoms with E-state index in [0.717, 1.165) is 18.5 Å². The molecule has 4 rings (SSSR count). The summed E-state index contributed by atoms with van der Waals surface area (Å²) < 4.78 is 2.14. The molecule has 0 aliphatic heterocycles. The molecule has 2 fully saturated rings. The Kier molecular flexibility index (Phi) is 3.16. The Morgan fingerprint density at radius 3 is 2.90 bits per heavy atom. The van der Waals surface area contributed by atoms with E-state index < -0.39 is 0 Å². The Bertz CT molecular complexity index is 653. The van der Waals surface area contributed by atoms with E-state index >= 15 is 0 Å². The number of aliphatic hydroxyl groups excluding tert-OH is 1. The lowest BCUT2D eigenvalue weighted by atomic mass is 9.70. The number of hydrogen-bond acceptors (Lipinski definition) is 3. The summed E-state index contributed by atoms with van der Waals surface area (Å²) in [7, 11) is 0. The SMILES string of the molecule is CC1(C)CCCC(C(O)c2c(C3CC3)sc3cncn23)C1. The Balaban J connectivity index is 1.71. The van der Waals surface area contributed by atoms with Gasteiger partial charge < -0.3 is 5.11 Å². The van der Waals surface area contributed by atoms with Crippen LogP contribution in [0.15, 0.2) is 12.5 Å². The molecule has 2 aliphatic rings. The molecule has 2 unspecified atom stereocenters. The van der Waals surface area contributed by atoms with Gasteiger partial charge in [-0.3, -0.25) is 4.40 Å². The standard InChI is InChI=1S/C17H24N2OS/c1-17(2)7-3-4-12(8-17)15(20)14-16(11-5-6-11)21-13-9-18-10-19(13)14/h9-12,15,20H,3-8H2,1-2H3. The maximum atomic E-state index is 11.1. The van der Waals surface area contributed by atoms with Crippen LogP contribution >= 0.6 is 11.3 Å². The van der Waals surface area contributed by atoms with Gasteiger partial charge in [-0.15, -0.1) is 11.3 Å². The van der Waals surface area contributed by atoms with Crippen LogP contribution in [0.3, 0.4) is 0 Å². The molecule has 2 atom stereocenters. The average Bonchev–Trinajstić information content (AvgIpc) is 3.06. The van der Waals surface area contributed by atoms with Crippen molar-refractivity contribution in [2.75, 3.05) is 0 Å². The fraction of sp³-hybridized carbons (Fsp3) is 0.706. The molecule has 1 N–H and O–H groups in total. The number of imidazole rings is 1. The molecule has 2 aromatic rings. The van der Waals surface area contributed by atoms with Gasteiger partial charge in [0.15, 0.2) is 0 Å². The molecular weight excluding hydrogens is 280 g/mol. The Hall–Kier alpha value is -0.870. The van der Waals surface area contributed by atoms with Crippen LogP contribution in [0.5, 0.6) is 0 Å². The second-order valence-electron chi connectivity index (χ2n) is 7.69. The third-order valence-corrected chi connectivity index (χ3v) is 6.52. The van der Waals surface area contributed by atoms with E-state index in [2.05, 4.69) is 23.2 Å². The summed E-state index contributed by atoms with van der Waals surface area (Å²) in [6.07, 6.45) is 10.9. The first-order valence-electron chi connectivity index (χ1n) is 8.18. The van der Waals surface area contributed by atoms with Gasteiger partial charge in [-0.05, 0) is 49.4 Å². The van der Waals surface area contributed by atoms with Gasteiger partial charge in [0.1, 0.15) is 11.2 Å². The van der Waals surface area contributed by atoms with Crippen molar-refractivity contribution in [3.05, 3.63) is 23.1 Å². The lowest BCUT2D eigenvalue weighted by Crippen LogP contribution is -2.27. The van der Waals surface area contributed by atoms with Crippen LogP contribution in [0.1, 0.15) is 75.0 Å². The normalized spacial score (nSPS) is 27.1. The molecule has 114 valence electrons. The van der Waals surface area contributed by atoms with Gasteiger partial charge in [-0.25, -0.2) is 4.98 Å². The van der Waals surface area contributed by atoms with E-state index in [4.69, 9.17) is 0 Å². The molecule has 4 heteroatoms. The predicted molar refractivity (Wildman–Crippen MR) is 85.7 cm³/mol. The Morgan fingerprint density at radius 2 is 2.19 bits per heavy atom. The van der Waals surface area contributed by atoms with E-state index in [9.17, 15) is 5.11 Å². The number of hydrogen-bond donors (Lipinski definition) is 1. The van der Waals surface area contributed by atoms with Crippen LogP contribution in [-0.4, -0.2) is 14.5 Å². The lowest BCUT2D eigenvalue weighted by molar-refractivity contribution is 0.0423. The molecule has 0 saturated heterocycles. The van der Waals surface area contributed by atoms with Gasteiger partial charge in [0, 0.05) is 4.88 Å². The van der Waals surface area contributed by atoms with Crippen LogP contribution in [0.2, 0.25) is 0 Å². The topological polar surface area (TPSA) is 37.5 Å². The number of nitrogens with zero attached hydrogens (tertiary/aromatic N) is 2. The molecule has 0 aromatic carbocycles. The molecule has 3 nitrogen and oxygen atoms in total. The minimum absolute atomic E-state index is 0.330. The zero-order valence-electron chi connectivity index (χ0n) is 12.9. The highest BCUT2D eigenvalue weighted by Gasteiger charge is 2.38. The number of fused-ring (bicyclic) bond motifs is 1. The summed E-state index contributed by atoms with van der Waals surface area (Å²) in [5.41, 5.74) is 1.52. The summed E-state index contributed by atoms with van der Waals surface area (Å²) in [5, 5.41) is 11.1. The Morgan fingerprint density at radius 1 is 1.38 bits per heavy atom. The summed E-state index contributed by atoms with van der Waals surface area (Å²) in [5.74, 6) is 1.09. The van der Waals surface area contributed by atoms with Crippen LogP contribution < -0.4 is 0 Å². The van der Waals surface area contributed by atoms with Gasteiger partial charge in [0.25, 0.3) is 0 Å². The van der Waals surface area contributed by atoms with Gasteiger partial charge in [0.2, 0.25) is 0 Å². The summed E-state index contributed by atoms with van der Waals surface area (Å²) >= 11 is 1.83. The van der Waals surface area contributed by atoms with Crippen LogP contribution in [-0.2, 0) is 0 Å². The van der Waals surface area contributed by atoms with Gasteiger partial charge >= 0.3 is 0 Å². The number of aliphatic hydroxyl groups is 1. The highest BCUT2D eigenvalue weighted by atomic mass is 32.1. The second kappa shape index (κ2) is 4.82. The maximum Gasteiger partial charge on any atom is 0.120 e. The largest absolute Gasteiger partial charge is 0.387 e. The van der Waals surface area contributed by atoms with Crippen LogP contribution in [0.4, 0.5) is 0 Å². The van der Waals surface area contributed by atoms with Crippen molar-refractivity contribution in [3.63, 3.8) is 0 Å². The molecule has 2 aliphatic carbocycles. The minimum Gasteiger partial charge on any atom is -0.387 e. The second-order valence-corrected chi connectivity index (χ2v) is 8.76. The van der Waals surface area contributed by atoms with Crippen molar-refractivity contribution >= 4 is 16.2 Å². The quantitative estimate of drug-likeness (QED) is 0.905. The third kappa shape index (κ3) is 2.42. The fourth-order valence-corrected chi connectivity index (χ4v) is 5.31. The molecule has 0 radical (unpaired) electrons. The predicted octanol–water partition coefficient (Wildman–Crippen LogP) is 4.52. The van der Waals surface area contributed by atoms with Crippen LogP contribution in [0, 0.1) is 11.3 Å². The van der Waals surface area contributed by atoms with Crippen molar-refractivity contribution in [3.8, 4) is 0 Å². The van der Waals surface area contributed by atoms with Crippen molar-refractivity contribution in [2.24, 2.45) is 11.3 Å². The van der Waals surface area contributed by atoms with Gasteiger partial charge in [-0.2, -0.15) is 0 Å². The molecule has 0 amide bonds. The van der Waals surface area contributed by atoms with E-state index in [1.807, 2.05) is 23.9 Å². The summed E-state index contributed by atoms with van der Waals surface area (Å²) in [6, 6.07) is 0. The van der Waals surface area contributed by atoms with E-state index in [-0.39, 0.29) is 6.10 Å². The Labute approximate surface area is 130 Å². The first kappa shape index (κ1) is 13.8. The first-order chi connectivity index (χ1) is 10.1. The zero-order chi connectivity index (χ0) is 14.6. The molecule has 0 bridgehead atoms. The third-order valence-electron chi connectivity index (χ3n) is 5.25. The van der Waals surface area contributed by atoms with Gasteiger partial charge in [-0.1, -0.05) is 20.3 Å². The van der Waals surface area contributed by atoms with Crippen LogP contribution in [0.25, 0.3) is 4.83 Å². The van der Waals surface area contributed by atoms with E-state index in [1.165, 1.54) is 35.4 Å². The van der Waals surface area contributed by atoms with Gasteiger partial charge in [0.05, 0.1) is 18.0 Å². The van der Waals surface area contributed by atoms with Crippen molar-refractivity contribution in [1.29, 1.82) is 0 Å². The summed E-state index contributed by atoms with van der Waals surface area (Å²) in [6.45, 7) is 4.68. The minimum atomic E-state index is -0.330. The maximum absolute atomic E-state index is 11.1. The average molecular weight is 304 g/mol. The zero-order valence-corrected chi connectivity index (χ0v) is 13.7. The molecular formula is C17H24N2OS. The molecule has 2 saturated carbocycles. The highest BCUT2D eigenvalue weighted by molar-refractivity contribution is 7.17. The first-order valence-corrected chi connectivity index (χ1v) is 8.99. The fourth-order valence-electron chi connectivity index (χ4n) is 4.00. The number of rotatable bonds is 3. The number of aromatic nitrogens is 2. The van der Waals surface area contributed by atoms with Crippen molar-refractivity contribution in [2.45, 2.75) is 64.4 Å². The van der Waals surface area contributed by atoms with Crippen molar-refractivity contribution < 1.29 is 5.11 Å². The molecule has 21 heavy (non-hydrogen) atoms. The smallest absolute Gasteiger partial charge is 0.120 e. The van der Waals surface area contributed by atoms with E-state index in [1.54, 1.807) is 0 Å². The monoisotopic (exact) mass is 304 g/mol. The highest BCUT2D eigenvalue weighted by Crippen LogP contribution is 2.50. The van der Waals surface area contributed by atoms with Crippen molar-refractivity contribution in [1.82, 2.24) is 9.38 Å². The molecule has 0 spiro atoms. The van der Waals surface area contributed by atoms with E-state index in [0.29, 0.717) is 17.3 Å². The molecule has 2 heterocycles.